The van der Waals surface area contributed by atoms with Crippen LogP contribution >= 0.6 is 11.3 Å². The summed E-state index contributed by atoms with van der Waals surface area (Å²) in [4.78, 5) is 15.7. The number of hydrogen-bond acceptors (Lipinski definition) is 5. The maximum Gasteiger partial charge on any atom is 0.357 e. The van der Waals surface area contributed by atoms with Crippen molar-refractivity contribution in [3.63, 3.8) is 0 Å². The predicted octanol–water partition coefficient (Wildman–Crippen LogP) is 3.00. The van der Waals surface area contributed by atoms with Crippen LogP contribution in [0.3, 0.4) is 0 Å². The fourth-order valence-corrected chi connectivity index (χ4v) is 2.41. The van der Waals surface area contributed by atoms with Crippen LogP contribution in [0.25, 0.3) is 10.6 Å². The fraction of sp³-hybridized carbons (Fsp3) is 0.231. The molecule has 1 aromatic heterocycles. The van der Waals surface area contributed by atoms with Crippen molar-refractivity contribution in [3.8, 4) is 16.3 Å². The van der Waals surface area contributed by atoms with Crippen LogP contribution in [0.5, 0.6) is 5.75 Å². The number of carbonyl (C=O) groups excluding carboxylic acids is 1. The minimum absolute atomic E-state index is 0.184. The maximum absolute atomic E-state index is 11.5. The number of phenolic OH excluding ortho intramolecular Hbond substituents is 1. The summed E-state index contributed by atoms with van der Waals surface area (Å²) in [6.45, 7) is 4.02. The van der Waals surface area contributed by atoms with E-state index in [2.05, 4.69) is 4.98 Å². The van der Waals surface area contributed by atoms with Crippen LogP contribution in [0.4, 0.5) is 0 Å². The number of ether oxygens (including phenoxy) is 1. The summed E-state index contributed by atoms with van der Waals surface area (Å²) >= 11 is 1.36. The van der Waals surface area contributed by atoms with Crippen molar-refractivity contribution in [1.82, 2.24) is 4.98 Å². The van der Waals surface area contributed by atoms with Gasteiger partial charge >= 0.3 is 5.97 Å². The molecular weight excluding hydrogens is 250 g/mol. The lowest BCUT2D eigenvalue weighted by Gasteiger charge is -2.02. The third-order valence-corrected chi connectivity index (χ3v) is 3.32. The van der Waals surface area contributed by atoms with Crippen molar-refractivity contribution in [1.29, 1.82) is 0 Å². The Bertz CT molecular complexity index is 577. The summed E-state index contributed by atoms with van der Waals surface area (Å²) in [6, 6.07) is 5.08. The monoisotopic (exact) mass is 263 g/mol. The highest BCUT2D eigenvalue weighted by Gasteiger charge is 2.14. The minimum atomic E-state index is -0.419. The molecule has 0 fully saturated rings. The van der Waals surface area contributed by atoms with Gasteiger partial charge in [0.1, 0.15) is 10.8 Å². The van der Waals surface area contributed by atoms with Crippen LogP contribution in [0.15, 0.2) is 23.6 Å². The third kappa shape index (κ3) is 2.51. The molecule has 0 unspecified atom stereocenters. The summed E-state index contributed by atoms with van der Waals surface area (Å²) in [5.74, 6) is -0.235. The van der Waals surface area contributed by atoms with E-state index in [0.29, 0.717) is 17.3 Å². The molecule has 0 saturated heterocycles. The molecular formula is C13H13NO3S. The predicted molar refractivity (Wildman–Crippen MR) is 69.9 cm³/mol. The lowest BCUT2D eigenvalue weighted by molar-refractivity contribution is 0.0520. The first-order valence-corrected chi connectivity index (χ1v) is 6.42. The van der Waals surface area contributed by atoms with E-state index in [1.54, 1.807) is 24.4 Å². The minimum Gasteiger partial charge on any atom is -0.508 e. The van der Waals surface area contributed by atoms with Crippen molar-refractivity contribution in [3.05, 3.63) is 34.8 Å². The Hall–Kier alpha value is -1.88. The van der Waals surface area contributed by atoms with E-state index in [0.717, 1.165) is 11.1 Å². The molecule has 0 aliphatic heterocycles. The molecule has 0 atom stereocenters. The van der Waals surface area contributed by atoms with Gasteiger partial charge in [-0.1, -0.05) is 6.07 Å². The van der Waals surface area contributed by atoms with E-state index in [9.17, 15) is 9.90 Å². The zero-order chi connectivity index (χ0) is 13.1. The molecule has 94 valence electrons. The summed E-state index contributed by atoms with van der Waals surface area (Å²) in [7, 11) is 0. The van der Waals surface area contributed by atoms with Gasteiger partial charge in [-0.3, -0.25) is 0 Å². The Morgan fingerprint density at radius 1 is 1.50 bits per heavy atom. The smallest absolute Gasteiger partial charge is 0.357 e. The first kappa shape index (κ1) is 12.6. The van der Waals surface area contributed by atoms with Crippen molar-refractivity contribution in [2.45, 2.75) is 13.8 Å². The molecule has 2 aromatic rings. The van der Waals surface area contributed by atoms with Crippen molar-refractivity contribution >= 4 is 17.3 Å². The molecule has 1 N–H and O–H groups in total. The van der Waals surface area contributed by atoms with E-state index in [1.165, 1.54) is 11.3 Å². The SMILES string of the molecule is CCOC(=O)c1csc(-c2cc(O)ccc2C)n1. The molecule has 1 aromatic carbocycles. The van der Waals surface area contributed by atoms with E-state index >= 15 is 0 Å². The number of esters is 1. The van der Waals surface area contributed by atoms with Gasteiger partial charge in [-0.05, 0) is 31.5 Å². The Morgan fingerprint density at radius 2 is 2.28 bits per heavy atom. The Morgan fingerprint density at radius 3 is 3.00 bits per heavy atom. The molecule has 0 amide bonds. The van der Waals surface area contributed by atoms with Crippen LogP contribution in [0.2, 0.25) is 0 Å². The maximum atomic E-state index is 11.5. The fourth-order valence-electron chi connectivity index (χ4n) is 1.54. The summed E-state index contributed by atoms with van der Waals surface area (Å²) in [6.07, 6.45) is 0. The number of nitrogens with zero attached hydrogens (tertiary/aromatic N) is 1. The number of rotatable bonds is 3. The van der Waals surface area contributed by atoms with Crippen LogP contribution in [0, 0.1) is 6.92 Å². The van der Waals surface area contributed by atoms with Crippen LogP contribution < -0.4 is 0 Å². The number of aromatic hydroxyl groups is 1. The molecule has 0 radical (unpaired) electrons. The third-order valence-electron chi connectivity index (χ3n) is 2.44. The standard InChI is InChI=1S/C13H13NO3S/c1-3-17-13(16)11-7-18-12(14-11)10-6-9(15)5-4-8(10)2/h4-7,15H,3H2,1-2H3. The molecule has 1 heterocycles. The normalized spacial score (nSPS) is 10.3. The first-order valence-electron chi connectivity index (χ1n) is 5.54. The molecule has 0 aliphatic rings. The zero-order valence-corrected chi connectivity index (χ0v) is 11.0. The molecule has 5 heteroatoms. The van der Waals surface area contributed by atoms with Gasteiger partial charge < -0.3 is 9.84 Å². The van der Waals surface area contributed by atoms with Gasteiger partial charge in [0, 0.05) is 10.9 Å². The Labute approximate surface area is 109 Å². The highest BCUT2D eigenvalue weighted by molar-refractivity contribution is 7.13. The van der Waals surface area contributed by atoms with E-state index < -0.39 is 5.97 Å². The largest absolute Gasteiger partial charge is 0.508 e. The molecule has 18 heavy (non-hydrogen) atoms. The molecule has 0 aliphatic carbocycles. The average Bonchev–Trinajstić information content (AvgIpc) is 2.82. The topological polar surface area (TPSA) is 59.4 Å². The van der Waals surface area contributed by atoms with E-state index in [4.69, 9.17) is 4.74 Å². The zero-order valence-electron chi connectivity index (χ0n) is 10.1. The molecule has 0 spiro atoms. The van der Waals surface area contributed by atoms with Crippen molar-refractivity contribution in [2.24, 2.45) is 0 Å². The van der Waals surface area contributed by atoms with Gasteiger partial charge in [-0.15, -0.1) is 11.3 Å². The Kier molecular flexibility index (Phi) is 3.62. The lowest BCUT2D eigenvalue weighted by Crippen LogP contribution is -2.04. The summed E-state index contributed by atoms with van der Waals surface area (Å²) in [5.41, 5.74) is 2.13. The van der Waals surface area contributed by atoms with Gasteiger partial charge in [-0.25, -0.2) is 9.78 Å². The van der Waals surface area contributed by atoms with Gasteiger partial charge in [0.2, 0.25) is 0 Å². The number of phenols is 1. The molecule has 0 bridgehead atoms. The quantitative estimate of drug-likeness (QED) is 0.865. The van der Waals surface area contributed by atoms with Gasteiger partial charge in [0.25, 0.3) is 0 Å². The van der Waals surface area contributed by atoms with Crippen LogP contribution in [-0.2, 0) is 4.74 Å². The summed E-state index contributed by atoms with van der Waals surface area (Å²) in [5, 5.41) is 11.8. The van der Waals surface area contributed by atoms with Gasteiger partial charge in [0.05, 0.1) is 6.61 Å². The van der Waals surface area contributed by atoms with Gasteiger partial charge in [-0.2, -0.15) is 0 Å². The first-order chi connectivity index (χ1) is 8.61. The highest BCUT2D eigenvalue weighted by Crippen LogP contribution is 2.29. The molecule has 4 nitrogen and oxygen atoms in total. The van der Waals surface area contributed by atoms with E-state index in [-0.39, 0.29) is 5.75 Å². The molecule has 2 rings (SSSR count). The van der Waals surface area contributed by atoms with Gasteiger partial charge in [0.15, 0.2) is 5.69 Å². The van der Waals surface area contributed by atoms with Crippen LogP contribution in [0.1, 0.15) is 23.0 Å². The van der Waals surface area contributed by atoms with Crippen LogP contribution in [-0.4, -0.2) is 22.7 Å². The number of hydrogen-bond donors (Lipinski definition) is 1. The number of carbonyl (C=O) groups is 1. The second-order valence-electron chi connectivity index (χ2n) is 3.76. The van der Waals surface area contributed by atoms with E-state index in [1.807, 2.05) is 13.0 Å². The Balaban J connectivity index is 2.35. The second-order valence-corrected chi connectivity index (χ2v) is 4.62. The second kappa shape index (κ2) is 5.18. The number of thiazole rings is 1. The van der Waals surface area contributed by atoms with Crippen molar-refractivity contribution < 1.29 is 14.6 Å². The average molecular weight is 263 g/mol. The highest BCUT2D eigenvalue weighted by atomic mass is 32.1. The number of benzene rings is 1. The number of aromatic nitrogens is 1. The lowest BCUT2D eigenvalue weighted by atomic mass is 10.1. The number of aryl methyl sites for hydroxylation is 1. The van der Waals surface area contributed by atoms with Crippen molar-refractivity contribution in [2.75, 3.05) is 6.61 Å². The summed E-state index contributed by atoms with van der Waals surface area (Å²) < 4.78 is 4.89. The molecule has 0 saturated carbocycles.